The van der Waals surface area contributed by atoms with Crippen LogP contribution in [0.15, 0.2) is 0 Å². The van der Waals surface area contributed by atoms with E-state index in [-0.39, 0.29) is 0 Å². The van der Waals surface area contributed by atoms with Crippen molar-refractivity contribution in [2.75, 3.05) is 0 Å². The van der Waals surface area contributed by atoms with Gasteiger partial charge in [-0.15, -0.1) is 0 Å². The summed E-state index contributed by atoms with van der Waals surface area (Å²) in [6.45, 7) is 3.91. The summed E-state index contributed by atoms with van der Waals surface area (Å²) in [5.74, 6) is -1.08. The van der Waals surface area contributed by atoms with Crippen LogP contribution in [0.1, 0.15) is 26.7 Å². The van der Waals surface area contributed by atoms with Gasteiger partial charge in [0.15, 0.2) is 0 Å². The largest absolute Gasteiger partial charge is 0.412 e. The van der Waals surface area contributed by atoms with Crippen molar-refractivity contribution in [3.63, 3.8) is 0 Å². The van der Waals surface area contributed by atoms with Crippen LogP contribution in [0, 0.1) is 0 Å². The van der Waals surface area contributed by atoms with E-state index in [4.69, 9.17) is 0 Å². The van der Waals surface area contributed by atoms with E-state index in [1.54, 1.807) is 0 Å². The fourth-order valence-electron chi connectivity index (χ4n) is 0.707. The quantitative estimate of drug-likeness (QED) is 0.465. The number of hydrogen-bond donors (Lipinski definition) is 0. The van der Waals surface area contributed by atoms with Crippen LogP contribution in [0.4, 0.5) is 9.59 Å². The molecule has 0 aromatic rings. The molecule has 0 rings (SSSR count). The molecule has 0 amide bonds. The third-order valence-electron chi connectivity index (χ3n) is 1.40. The Morgan fingerprint density at radius 3 is 1.69 bits per heavy atom. The summed E-state index contributed by atoms with van der Waals surface area (Å²) < 4.78 is 4.47. The normalized spacial score (nSPS) is 9.08. The zero-order valence-electron chi connectivity index (χ0n) is 8.21. The van der Waals surface area contributed by atoms with Crippen LogP contribution in [-0.2, 0) is 4.74 Å². The van der Waals surface area contributed by atoms with Gasteiger partial charge >= 0.3 is 0 Å². The summed E-state index contributed by atoms with van der Waals surface area (Å²) in [6, 6.07) is 0. The van der Waals surface area contributed by atoms with Crippen LogP contribution < -0.4 is 0 Å². The SMILES string of the molecule is CCC[B]C(=O)OC(=O)[B]CCC. The fourth-order valence-corrected chi connectivity index (χ4v) is 0.707. The fraction of sp³-hybridized carbons (Fsp3) is 0.750. The molecule has 0 atom stereocenters. The smallest absolute Gasteiger partial charge is 0.261 e. The molecule has 5 heteroatoms. The molecule has 0 fully saturated rings. The first-order chi connectivity index (χ1) is 6.20. The maximum atomic E-state index is 10.9. The molecule has 0 aliphatic carbocycles. The monoisotopic (exact) mass is 180 g/mol. The molecule has 0 aliphatic heterocycles. The molecule has 2 radical (unpaired) electrons. The first-order valence-corrected chi connectivity index (χ1v) is 4.62. The van der Waals surface area contributed by atoms with Gasteiger partial charge in [-0.1, -0.05) is 39.3 Å². The van der Waals surface area contributed by atoms with Crippen molar-refractivity contribution in [1.29, 1.82) is 0 Å². The Morgan fingerprint density at radius 1 is 1.00 bits per heavy atom. The minimum absolute atomic E-state index is 0.542. The van der Waals surface area contributed by atoms with E-state index < -0.39 is 11.7 Å². The molecular formula is C8H14B2O3. The van der Waals surface area contributed by atoms with E-state index >= 15 is 0 Å². The molecule has 0 aliphatic rings. The molecule has 0 saturated carbocycles. The van der Waals surface area contributed by atoms with Gasteiger partial charge in [0.25, 0.3) is 26.3 Å². The number of rotatable bonds is 6. The Bertz CT molecular complexity index is 153. The van der Waals surface area contributed by atoms with E-state index in [9.17, 15) is 9.59 Å². The Morgan fingerprint density at radius 2 is 1.38 bits per heavy atom. The first kappa shape index (κ1) is 12.3. The Hall–Kier alpha value is -0.730. The van der Waals surface area contributed by atoms with Crippen LogP contribution in [-0.4, -0.2) is 26.3 Å². The van der Waals surface area contributed by atoms with E-state index in [0.717, 1.165) is 12.8 Å². The lowest BCUT2D eigenvalue weighted by Crippen LogP contribution is -2.19. The third-order valence-corrected chi connectivity index (χ3v) is 1.40. The Labute approximate surface area is 80.7 Å². The average Bonchev–Trinajstić information content (AvgIpc) is 2.11. The lowest BCUT2D eigenvalue weighted by atomic mass is 9.72. The Balaban J connectivity index is 3.47. The predicted molar refractivity (Wildman–Crippen MR) is 53.6 cm³/mol. The molecule has 0 aromatic heterocycles. The molecular weight excluding hydrogens is 166 g/mol. The summed E-state index contributed by atoms with van der Waals surface area (Å²) in [7, 11) is 2.77. The standard InChI is InChI=1S/C8H14B2O3/c1-3-5-9-7(11)13-8(12)10-6-4-2/h3-6H2,1-2H3. The highest BCUT2D eigenvalue weighted by Gasteiger charge is 2.10. The highest BCUT2D eigenvalue weighted by molar-refractivity contribution is 6.77. The van der Waals surface area contributed by atoms with Gasteiger partial charge in [0.2, 0.25) is 0 Å². The predicted octanol–water partition coefficient (Wildman–Crippen LogP) is 2.31. The second-order valence-corrected chi connectivity index (χ2v) is 2.73. The van der Waals surface area contributed by atoms with Crippen molar-refractivity contribution in [3.05, 3.63) is 0 Å². The number of carbonyl (C=O) groups is 2. The highest BCUT2D eigenvalue weighted by atomic mass is 16.6. The van der Waals surface area contributed by atoms with Crippen LogP contribution in [0.2, 0.25) is 12.6 Å². The van der Waals surface area contributed by atoms with Crippen molar-refractivity contribution in [1.82, 2.24) is 0 Å². The lowest BCUT2D eigenvalue weighted by molar-refractivity contribution is 0.183. The maximum absolute atomic E-state index is 10.9. The summed E-state index contributed by atoms with van der Waals surface area (Å²) in [5, 5.41) is 0. The zero-order chi connectivity index (χ0) is 10.1. The van der Waals surface area contributed by atoms with E-state index in [1.165, 1.54) is 14.6 Å². The average molecular weight is 180 g/mol. The van der Waals surface area contributed by atoms with Crippen molar-refractivity contribution >= 4 is 26.3 Å². The zero-order valence-corrected chi connectivity index (χ0v) is 8.21. The molecule has 0 heterocycles. The van der Waals surface area contributed by atoms with Gasteiger partial charge in [-0.25, -0.2) is 0 Å². The molecule has 0 spiro atoms. The molecule has 0 N–H and O–H groups in total. The molecule has 13 heavy (non-hydrogen) atoms. The van der Waals surface area contributed by atoms with E-state index in [1.807, 2.05) is 13.8 Å². The van der Waals surface area contributed by atoms with Crippen molar-refractivity contribution < 1.29 is 14.3 Å². The van der Waals surface area contributed by atoms with Crippen LogP contribution in [0.25, 0.3) is 0 Å². The number of ether oxygens (including phenoxy) is 1. The molecule has 0 unspecified atom stereocenters. The third kappa shape index (κ3) is 7.62. The van der Waals surface area contributed by atoms with Gasteiger partial charge < -0.3 is 4.74 Å². The van der Waals surface area contributed by atoms with E-state index in [0.29, 0.717) is 12.6 Å². The maximum Gasteiger partial charge on any atom is 0.261 e. The molecule has 0 bridgehead atoms. The summed E-state index contributed by atoms with van der Waals surface area (Å²) in [5.41, 5.74) is 0. The van der Waals surface area contributed by atoms with Gasteiger partial charge in [-0.3, -0.25) is 9.59 Å². The minimum atomic E-state index is -0.542. The van der Waals surface area contributed by atoms with Gasteiger partial charge in [-0.05, 0) is 0 Å². The number of hydrogen-bond acceptors (Lipinski definition) is 3. The van der Waals surface area contributed by atoms with Gasteiger partial charge in [0.05, 0.1) is 0 Å². The number of carbonyl (C=O) groups excluding carboxylic acids is 2. The van der Waals surface area contributed by atoms with Crippen LogP contribution in [0.3, 0.4) is 0 Å². The van der Waals surface area contributed by atoms with Gasteiger partial charge in [-0.2, -0.15) is 0 Å². The van der Waals surface area contributed by atoms with Crippen molar-refractivity contribution in [3.8, 4) is 0 Å². The van der Waals surface area contributed by atoms with Crippen molar-refractivity contribution in [2.45, 2.75) is 39.3 Å². The minimum Gasteiger partial charge on any atom is -0.412 e. The molecule has 70 valence electrons. The molecule has 0 saturated heterocycles. The topological polar surface area (TPSA) is 43.4 Å². The van der Waals surface area contributed by atoms with Crippen LogP contribution >= 0.6 is 0 Å². The van der Waals surface area contributed by atoms with Gasteiger partial charge in [0.1, 0.15) is 0 Å². The summed E-state index contributed by atoms with van der Waals surface area (Å²) in [6.07, 6.45) is 3.06. The van der Waals surface area contributed by atoms with E-state index in [2.05, 4.69) is 4.74 Å². The van der Waals surface area contributed by atoms with Gasteiger partial charge in [0, 0.05) is 0 Å². The second kappa shape index (κ2) is 7.90. The summed E-state index contributed by atoms with van der Waals surface area (Å²) in [4.78, 5) is 21.7. The van der Waals surface area contributed by atoms with Crippen LogP contribution in [0.5, 0.6) is 0 Å². The summed E-state index contributed by atoms with van der Waals surface area (Å²) >= 11 is 0. The lowest BCUT2D eigenvalue weighted by Gasteiger charge is -1.99. The first-order valence-electron chi connectivity index (χ1n) is 4.62. The molecule has 3 nitrogen and oxygen atoms in total. The second-order valence-electron chi connectivity index (χ2n) is 2.73. The Kier molecular flexibility index (Phi) is 7.45. The van der Waals surface area contributed by atoms with Crippen molar-refractivity contribution in [2.24, 2.45) is 0 Å². The highest BCUT2D eigenvalue weighted by Crippen LogP contribution is 1.93. The molecule has 0 aromatic carbocycles.